The zero-order valence-electron chi connectivity index (χ0n) is 19.7. The van der Waals surface area contributed by atoms with E-state index < -0.39 is 27.5 Å². The van der Waals surface area contributed by atoms with Gasteiger partial charge >= 0.3 is 17.8 Å². The smallest absolute Gasteiger partial charge is 0.407 e. The Hall–Kier alpha value is -3.94. The summed E-state index contributed by atoms with van der Waals surface area (Å²) in [6, 6.07) is 8.24. The molecule has 13 nitrogen and oxygen atoms in total. The molecular weight excluding hydrogens is 476 g/mol. The average Bonchev–Trinajstić information content (AvgIpc) is 3.09. The lowest BCUT2D eigenvalue weighted by Gasteiger charge is -2.20. The summed E-state index contributed by atoms with van der Waals surface area (Å²) in [4.78, 5) is 48.3. The third-order valence-electron chi connectivity index (χ3n) is 5.36. The summed E-state index contributed by atoms with van der Waals surface area (Å²) < 4.78 is 23.1. The highest BCUT2D eigenvalue weighted by atomic mass is 32.2. The third kappa shape index (κ3) is 5.26. The van der Waals surface area contributed by atoms with Crippen LogP contribution in [-0.4, -0.2) is 83.3 Å². The van der Waals surface area contributed by atoms with Gasteiger partial charge in [0.25, 0.3) is 0 Å². The first-order chi connectivity index (χ1) is 16.5. The summed E-state index contributed by atoms with van der Waals surface area (Å²) in [7, 11) is -0.577. The maximum Gasteiger partial charge on any atom is 0.407 e. The number of carbonyl (C=O) groups is 2. The van der Waals surface area contributed by atoms with Crippen molar-refractivity contribution in [1.29, 1.82) is 4.78 Å². The SMILES string of the molecule is CCCS(=N)(=O)c1nc(N)c2c(n1)n(Cc1ccccc1)c(=O)n2C(=O)N(C)CCN(C)C(=O)O. The minimum absolute atomic E-state index is 0.00924. The van der Waals surface area contributed by atoms with Gasteiger partial charge in [-0.2, -0.15) is 4.98 Å². The Bertz CT molecular complexity index is 1410. The maximum atomic E-state index is 13.5. The molecule has 0 aliphatic rings. The molecule has 2 heterocycles. The van der Waals surface area contributed by atoms with E-state index in [0.717, 1.165) is 15.0 Å². The molecule has 1 aromatic carbocycles. The molecule has 0 aliphatic carbocycles. The van der Waals surface area contributed by atoms with Crippen LogP contribution in [0.2, 0.25) is 0 Å². The number of amides is 2. The number of nitrogens with two attached hydrogens (primary N) is 1. The van der Waals surface area contributed by atoms with E-state index in [1.165, 1.54) is 23.6 Å². The predicted molar refractivity (Wildman–Crippen MR) is 130 cm³/mol. The second kappa shape index (κ2) is 10.1. The number of nitrogens with one attached hydrogen (secondary N) is 1. The first-order valence-corrected chi connectivity index (χ1v) is 12.5. The van der Waals surface area contributed by atoms with E-state index in [0.29, 0.717) is 6.42 Å². The first-order valence-electron chi connectivity index (χ1n) is 10.8. The molecule has 4 N–H and O–H groups in total. The van der Waals surface area contributed by atoms with Gasteiger partial charge in [0.15, 0.2) is 11.5 Å². The van der Waals surface area contributed by atoms with Crippen LogP contribution in [0.4, 0.5) is 15.4 Å². The number of carbonyl (C=O) groups excluding carboxylic acids is 1. The molecule has 3 aromatic rings. The van der Waals surface area contributed by atoms with E-state index in [9.17, 15) is 18.6 Å². The standard InChI is InChI=1S/C21H28N8O5S/c1-4-12-35(23,34)18-24-16(22)15-17(25-18)28(13-14-8-6-5-7-9-14)20(31)29(15)19(30)26(2)10-11-27(3)21(32)33/h5-9,23H,4,10-13H2,1-3H3,(H,32,33)(H2,22,24,25). The molecule has 0 fully saturated rings. The number of hydrogen-bond donors (Lipinski definition) is 3. The van der Waals surface area contributed by atoms with Gasteiger partial charge in [-0.05, 0) is 12.0 Å². The summed E-state index contributed by atoms with van der Waals surface area (Å²) in [6.45, 7) is 1.84. The van der Waals surface area contributed by atoms with Gasteiger partial charge in [-0.15, -0.1) is 0 Å². The first kappa shape index (κ1) is 25.7. The fourth-order valence-electron chi connectivity index (χ4n) is 3.42. The highest BCUT2D eigenvalue weighted by Crippen LogP contribution is 2.22. The number of imidazole rings is 1. The topological polar surface area (TPSA) is 180 Å². The molecule has 14 heteroatoms. The summed E-state index contributed by atoms with van der Waals surface area (Å²) >= 11 is 0. The molecule has 0 saturated heterocycles. The number of hydrogen-bond acceptors (Lipinski definition) is 8. The van der Waals surface area contributed by atoms with Crippen LogP contribution < -0.4 is 11.4 Å². The molecule has 2 amide bonds. The fraction of sp³-hybridized carbons (Fsp3) is 0.381. The lowest BCUT2D eigenvalue weighted by Crippen LogP contribution is -2.42. The van der Waals surface area contributed by atoms with E-state index in [1.807, 2.05) is 6.07 Å². The Morgan fingerprint density at radius 1 is 1.14 bits per heavy atom. The van der Waals surface area contributed by atoms with Gasteiger partial charge in [-0.3, -0.25) is 4.57 Å². The monoisotopic (exact) mass is 504 g/mol. The molecule has 0 saturated carbocycles. The number of aromatic nitrogens is 4. The molecule has 0 radical (unpaired) electrons. The zero-order chi connectivity index (χ0) is 25.9. The summed E-state index contributed by atoms with van der Waals surface area (Å²) in [5.41, 5.74) is 6.07. The van der Waals surface area contributed by atoms with Crippen LogP contribution in [0.3, 0.4) is 0 Å². The van der Waals surface area contributed by atoms with Gasteiger partial charge in [0.05, 0.1) is 6.54 Å². The quantitative estimate of drug-likeness (QED) is 0.386. The summed E-state index contributed by atoms with van der Waals surface area (Å²) in [5, 5.41) is 8.74. The number of rotatable bonds is 8. The number of anilines is 1. The predicted octanol–water partition coefficient (Wildman–Crippen LogP) is 1.55. The molecule has 0 aliphatic heterocycles. The minimum Gasteiger partial charge on any atom is -0.465 e. The number of likely N-dealkylation sites (N-methyl/N-ethyl adjacent to an activating group) is 2. The van der Waals surface area contributed by atoms with Crippen molar-refractivity contribution < 1.29 is 18.9 Å². The van der Waals surface area contributed by atoms with Crippen LogP contribution in [0.25, 0.3) is 11.2 Å². The lowest BCUT2D eigenvalue weighted by atomic mass is 10.2. The van der Waals surface area contributed by atoms with E-state index in [-0.39, 0.29) is 47.5 Å². The lowest BCUT2D eigenvalue weighted by molar-refractivity contribution is 0.150. The second-order valence-corrected chi connectivity index (χ2v) is 10.2. The molecule has 1 unspecified atom stereocenters. The van der Waals surface area contributed by atoms with Crippen LogP contribution in [0.5, 0.6) is 0 Å². The van der Waals surface area contributed by atoms with Crippen LogP contribution in [-0.2, 0) is 16.3 Å². The van der Waals surface area contributed by atoms with Crippen LogP contribution in [0, 0.1) is 4.78 Å². The van der Waals surface area contributed by atoms with Crippen molar-refractivity contribution in [2.24, 2.45) is 0 Å². The molecule has 3 rings (SSSR count). The highest BCUT2D eigenvalue weighted by molar-refractivity contribution is 7.92. The largest absolute Gasteiger partial charge is 0.465 e. The van der Waals surface area contributed by atoms with Crippen molar-refractivity contribution in [2.75, 3.05) is 38.7 Å². The maximum absolute atomic E-state index is 13.5. The Balaban J connectivity index is 2.18. The van der Waals surface area contributed by atoms with Crippen molar-refractivity contribution in [2.45, 2.75) is 25.0 Å². The summed E-state index contributed by atoms with van der Waals surface area (Å²) in [5.74, 6) is -0.241. The molecule has 1 atom stereocenters. The van der Waals surface area contributed by atoms with Crippen molar-refractivity contribution in [1.82, 2.24) is 28.9 Å². The fourth-order valence-corrected chi connectivity index (χ4v) is 4.66. The Morgan fingerprint density at radius 2 is 1.77 bits per heavy atom. The van der Waals surface area contributed by atoms with Crippen molar-refractivity contribution in [3.05, 3.63) is 46.4 Å². The normalized spacial score (nSPS) is 12.9. The minimum atomic E-state index is -3.36. The molecular formula is C21H28N8O5S. The van der Waals surface area contributed by atoms with E-state index >= 15 is 0 Å². The molecule has 2 aromatic heterocycles. The van der Waals surface area contributed by atoms with E-state index in [4.69, 9.17) is 15.6 Å². The van der Waals surface area contributed by atoms with Gasteiger partial charge in [0, 0.05) is 32.9 Å². The number of nitrogen functional groups attached to an aromatic ring is 1. The van der Waals surface area contributed by atoms with Crippen molar-refractivity contribution in [3.63, 3.8) is 0 Å². The van der Waals surface area contributed by atoms with Crippen LogP contribution >= 0.6 is 0 Å². The Morgan fingerprint density at radius 3 is 2.37 bits per heavy atom. The van der Waals surface area contributed by atoms with E-state index in [2.05, 4.69) is 9.97 Å². The number of nitrogens with zero attached hydrogens (tertiary/aromatic N) is 6. The van der Waals surface area contributed by atoms with Gasteiger partial charge in [0.1, 0.15) is 15.2 Å². The van der Waals surface area contributed by atoms with Gasteiger partial charge < -0.3 is 20.6 Å². The Kier molecular flexibility index (Phi) is 7.43. The molecule has 0 spiro atoms. The van der Waals surface area contributed by atoms with E-state index in [1.54, 1.807) is 31.2 Å². The number of benzene rings is 1. The molecule has 188 valence electrons. The Labute approximate surface area is 201 Å². The third-order valence-corrected chi connectivity index (χ3v) is 7.11. The van der Waals surface area contributed by atoms with Gasteiger partial charge in [-0.1, -0.05) is 37.3 Å². The van der Waals surface area contributed by atoms with Crippen LogP contribution in [0.15, 0.2) is 40.3 Å². The van der Waals surface area contributed by atoms with Crippen LogP contribution in [0.1, 0.15) is 18.9 Å². The molecule has 35 heavy (non-hydrogen) atoms. The highest BCUT2D eigenvalue weighted by Gasteiger charge is 2.27. The van der Waals surface area contributed by atoms with Crippen molar-refractivity contribution in [3.8, 4) is 0 Å². The van der Waals surface area contributed by atoms with Gasteiger partial charge in [-0.25, -0.2) is 32.9 Å². The zero-order valence-corrected chi connectivity index (χ0v) is 20.5. The number of carboxylic acid groups (broad SMARTS) is 1. The summed E-state index contributed by atoms with van der Waals surface area (Å²) in [6.07, 6.45) is -0.700. The van der Waals surface area contributed by atoms with Crippen molar-refractivity contribution >= 4 is 38.8 Å². The number of fused-ring (bicyclic) bond motifs is 1. The average molecular weight is 505 g/mol. The second-order valence-electron chi connectivity index (χ2n) is 8.04. The molecule has 0 bridgehead atoms. The van der Waals surface area contributed by atoms with Gasteiger partial charge in [0.2, 0.25) is 5.16 Å².